The molecule has 0 spiro atoms. The van der Waals surface area contributed by atoms with Crippen molar-refractivity contribution < 1.29 is 19.4 Å². The number of hydrogen-bond acceptors (Lipinski definition) is 3. The van der Waals surface area contributed by atoms with Gasteiger partial charge in [-0.05, 0) is 12.0 Å². The van der Waals surface area contributed by atoms with Gasteiger partial charge in [0.15, 0.2) is 6.04 Å². The maximum absolute atomic E-state index is 12.7. The molecule has 2 unspecified atom stereocenters. The summed E-state index contributed by atoms with van der Waals surface area (Å²) in [6.45, 7) is 2.72. The van der Waals surface area contributed by atoms with Crippen molar-refractivity contribution in [2.45, 2.75) is 25.3 Å². The first-order valence-corrected chi connectivity index (χ1v) is 6.81. The van der Waals surface area contributed by atoms with E-state index < -0.39 is 12.0 Å². The first-order chi connectivity index (χ1) is 9.65. The van der Waals surface area contributed by atoms with Crippen molar-refractivity contribution in [3.05, 3.63) is 35.9 Å². The second kappa shape index (κ2) is 6.52. The Balaban J connectivity index is 2.21. The molecule has 1 aliphatic heterocycles. The molecule has 1 N–H and O–H groups in total. The number of morpholine rings is 1. The van der Waals surface area contributed by atoms with Gasteiger partial charge in [-0.1, -0.05) is 37.3 Å². The lowest BCUT2D eigenvalue weighted by Crippen LogP contribution is -2.53. The van der Waals surface area contributed by atoms with Crippen molar-refractivity contribution in [2.24, 2.45) is 0 Å². The van der Waals surface area contributed by atoms with Crippen LogP contribution in [0.15, 0.2) is 30.3 Å². The van der Waals surface area contributed by atoms with Crippen LogP contribution in [0.25, 0.3) is 0 Å². The van der Waals surface area contributed by atoms with Gasteiger partial charge in [0.05, 0.1) is 19.1 Å². The molecule has 108 valence electrons. The van der Waals surface area contributed by atoms with E-state index in [4.69, 9.17) is 4.74 Å². The van der Waals surface area contributed by atoms with Gasteiger partial charge >= 0.3 is 5.97 Å². The Labute approximate surface area is 118 Å². The summed E-state index contributed by atoms with van der Waals surface area (Å²) in [4.78, 5) is 25.3. The monoisotopic (exact) mass is 277 g/mol. The molecular weight excluding hydrogens is 258 g/mol. The molecular formula is C15H19NO4. The minimum Gasteiger partial charge on any atom is -0.480 e. The summed E-state index contributed by atoms with van der Waals surface area (Å²) in [7, 11) is 0. The lowest BCUT2D eigenvalue weighted by atomic mass is 9.94. The largest absolute Gasteiger partial charge is 0.480 e. The zero-order valence-electron chi connectivity index (χ0n) is 11.5. The quantitative estimate of drug-likeness (QED) is 0.905. The van der Waals surface area contributed by atoms with Crippen molar-refractivity contribution in [3.8, 4) is 0 Å². The van der Waals surface area contributed by atoms with Gasteiger partial charge in [-0.3, -0.25) is 4.79 Å². The number of carbonyl (C=O) groups is 2. The molecule has 1 aromatic carbocycles. The van der Waals surface area contributed by atoms with Crippen LogP contribution in [0.4, 0.5) is 0 Å². The molecule has 5 nitrogen and oxygen atoms in total. The fourth-order valence-corrected chi connectivity index (χ4v) is 2.51. The second-order valence-electron chi connectivity index (χ2n) is 4.83. The fraction of sp³-hybridized carbons (Fsp3) is 0.467. The summed E-state index contributed by atoms with van der Waals surface area (Å²) in [6.07, 6.45) is 0.645. The molecule has 1 amide bonds. The van der Waals surface area contributed by atoms with Gasteiger partial charge in [-0.15, -0.1) is 0 Å². The first kappa shape index (κ1) is 14.5. The topological polar surface area (TPSA) is 66.8 Å². The van der Waals surface area contributed by atoms with Gasteiger partial charge in [0.1, 0.15) is 0 Å². The molecule has 1 heterocycles. The van der Waals surface area contributed by atoms with Crippen LogP contribution < -0.4 is 0 Å². The Morgan fingerprint density at radius 3 is 2.70 bits per heavy atom. The number of aliphatic carboxylic acids is 1. The zero-order chi connectivity index (χ0) is 14.5. The molecule has 5 heteroatoms. The predicted octanol–water partition coefficient (Wildman–Crippen LogP) is 1.49. The van der Waals surface area contributed by atoms with Crippen LogP contribution in [0, 0.1) is 0 Å². The van der Waals surface area contributed by atoms with Gasteiger partial charge in [0, 0.05) is 6.54 Å². The van der Waals surface area contributed by atoms with E-state index in [0.717, 1.165) is 5.56 Å². The third-order valence-electron chi connectivity index (χ3n) is 3.60. The molecule has 20 heavy (non-hydrogen) atoms. The van der Waals surface area contributed by atoms with E-state index in [-0.39, 0.29) is 18.4 Å². The van der Waals surface area contributed by atoms with Crippen LogP contribution in [-0.2, 0) is 14.3 Å². The molecule has 0 aliphatic carbocycles. The number of carbonyl (C=O) groups excluding carboxylic acids is 1. The minimum atomic E-state index is -1.01. The third kappa shape index (κ3) is 2.99. The van der Waals surface area contributed by atoms with Gasteiger partial charge in [0.2, 0.25) is 5.91 Å². The van der Waals surface area contributed by atoms with E-state index in [2.05, 4.69) is 0 Å². The van der Waals surface area contributed by atoms with Gasteiger partial charge in [0.25, 0.3) is 0 Å². The smallest absolute Gasteiger partial charge is 0.328 e. The molecule has 1 fully saturated rings. The molecule has 0 saturated carbocycles. The molecule has 1 saturated heterocycles. The molecule has 1 aromatic rings. The van der Waals surface area contributed by atoms with Crippen molar-refractivity contribution in [1.82, 2.24) is 4.90 Å². The van der Waals surface area contributed by atoms with Crippen molar-refractivity contribution >= 4 is 11.9 Å². The van der Waals surface area contributed by atoms with Crippen LogP contribution in [0.3, 0.4) is 0 Å². The molecule has 2 rings (SSSR count). The number of ether oxygens (including phenoxy) is 1. The summed E-state index contributed by atoms with van der Waals surface area (Å²) >= 11 is 0. The van der Waals surface area contributed by atoms with E-state index in [0.29, 0.717) is 19.6 Å². The summed E-state index contributed by atoms with van der Waals surface area (Å²) in [5.74, 6) is -1.44. The molecule has 0 aromatic heterocycles. The maximum Gasteiger partial charge on any atom is 0.328 e. The Morgan fingerprint density at radius 1 is 1.40 bits per heavy atom. The lowest BCUT2D eigenvalue weighted by Gasteiger charge is -2.35. The standard InChI is InChI=1S/C15H19NO4/c1-2-12(11-6-4-3-5-7-11)14(17)16-8-9-20-10-13(16)15(18)19/h3-7,12-13H,2,8-10H2,1H3,(H,18,19). The highest BCUT2D eigenvalue weighted by molar-refractivity contribution is 5.88. The van der Waals surface area contributed by atoms with E-state index >= 15 is 0 Å². The number of carboxylic acid groups (broad SMARTS) is 1. The lowest BCUT2D eigenvalue weighted by molar-refractivity contribution is -0.159. The van der Waals surface area contributed by atoms with Crippen LogP contribution in [0.1, 0.15) is 24.8 Å². The Bertz CT molecular complexity index is 474. The minimum absolute atomic E-state index is 0.0618. The summed E-state index contributed by atoms with van der Waals surface area (Å²) in [5, 5.41) is 9.21. The number of rotatable bonds is 4. The van der Waals surface area contributed by atoms with Crippen molar-refractivity contribution in [1.29, 1.82) is 0 Å². The second-order valence-corrected chi connectivity index (χ2v) is 4.83. The summed E-state index contributed by atoms with van der Waals surface area (Å²) < 4.78 is 5.17. The normalized spacial score (nSPS) is 20.4. The number of hydrogen-bond donors (Lipinski definition) is 1. The van der Waals surface area contributed by atoms with Gasteiger partial charge in [-0.25, -0.2) is 4.79 Å². The van der Waals surface area contributed by atoms with Crippen LogP contribution in [0.5, 0.6) is 0 Å². The Hall–Kier alpha value is -1.88. The fourth-order valence-electron chi connectivity index (χ4n) is 2.51. The van der Waals surface area contributed by atoms with Crippen LogP contribution >= 0.6 is 0 Å². The van der Waals surface area contributed by atoms with E-state index in [1.807, 2.05) is 37.3 Å². The Morgan fingerprint density at radius 2 is 2.10 bits per heavy atom. The van der Waals surface area contributed by atoms with E-state index in [1.165, 1.54) is 4.90 Å². The Kier molecular flexibility index (Phi) is 4.74. The zero-order valence-corrected chi connectivity index (χ0v) is 11.5. The average Bonchev–Trinajstić information content (AvgIpc) is 2.49. The van der Waals surface area contributed by atoms with E-state index in [1.54, 1.807) is 0 Å². The number of benzene rings is 1. The predicted molar refractivity (Wildman–Crippen MR) is 73.4 cm³/mol. The third-order valence-corrected chi connectivity index (χ3v) is 3.60. The number of amides is 1. The SMILES string of the molecule is CCC(C(=O)N1CCOCC1C(=O)O)c1ccccc1. The first-order valence-electron chi connectivity index (χ1n) is 6.81. The maximum atomic E-state index is 12.7. The molecule has 0 bridgehead atoms. The van der Waals surface area contributed by atoms with Gasteiger partial charge in [-0.2, -0.15) is 0 Å². The molecule has 2 atom stereocenters. The highest BCUT2D eigenvalue weighted by atomic mass is 16.5. The van der Waals surface area contributed by atoms with Crippen LogP contribution in [-0.4, -0.2) is 47.7 Å². The van der Waals surface area contributed by atoms with E-state index in [9.17, 15) is 14.7 Å². The average molecular weight is 277 g/mol. The molecule has 0 radical (unpaired) electrons. The number of nitrogens with zero attached hydrogens (tertiary/aromatic N) is 1. The molecule has 1 aliphatic rings. The highest BCUT2D eigenvalue weighted by Crippen LogP contribution is 2.24. The summed E-state index contributed by atoms with van der Waals surface area (Å²) in [5.41, 5.74) is 0.927. The van der Waals surface area contributed by atoms with Crippen molar-refractivity contribution in [2.75, 3.05) is 19.8 Å². The van der Waals surface area contributed by atoms with Crippen LogP contribution in [0.2, 0.25) is 0 Å². The summed E-state index contributed by atoms with van der Waals surface area (Å²) in [6, 6.07) is 8.60. The van der Waals surface area contributed by atoms with Gasteiger partial charge < -0.3 is 14.7 Å². The highest BCUT2D eigenvalue weighted by Gasteiger charge is 2.35. The number of carboxylic acids is 1. The van der Waals surface area contributed by atoms with Crippen molar-refractivity contribution in [3.63, 3.8) is 0 Å².